The fourth-order valence-electron chi connectivity index (χ4n) is 0.297. The van der Waals surface area contributed by atoms with E-state index in [4.69, 9.17) is 4.74 Å². The van der Waals surface area contributed by atoms with Gasteiger partial charge in [-0.25, -0.2) is 0 Å². The molecule has 0 rings (SSSR count). The van der Waals surface area contributed by atoms with Gasteiger partial charge in [0.15, 0.2) is 0 Å². The van der Waals surface area contributed by atoms with Crippen molar-refractivity contribution in [1.29, 1.82) is 0 Å². The summed E-state index contributed by atoms with van der Waals surface area (Å²) in [6.07, 6.45) is 0. The van der Waals surface area contributed by atoms with E-state index in [0.29, 0.717) is 11.5 Å². The van der Waals surface area contributed by atoms with Crippen molar-refractivity contribution in [1.82, 2.24) is 0 Å². The maximum atomic E-state index is 4.86. The van der Waals surface area contributed by atoms with Gasteiger partial charge in [0, 0.05) is 0 Å². The molecule has 0 unspecified atom stereocenters. The summed E-state index contributed by atoms with van der Waals surface area (Å²) >= 11 is 0. The minimum Gasteiger partial charge on any atom is -0.502 e. The topological polar surface area (TPSA) is 18.5 Å². The number of hydrogen-bond acceptors (Lipinski definition) is 2. The molecule has 0 N–H and O–H groups in total. The monoisotopic (exact) mass is 170 g/mol. The zero-order chi connectivity index (χ0) is 10.1. The van der Waals surface area contributed by atoms with Crippen molar-refractivity contribution >= 4 is 0 Å². The summed E-state index contributed by atoms with van der Waals surface area (Å²) in [5.41, 5.74) is 0. The summed E-state index contributed by atoms with van der Waals surface area (Å²) < 4.78 is 9.42. The molecule has 0 radical (unpaired) electrons. The zero-order valence-corrected chi connectivity index (χ0v) is 8.44. The van der Waals surface area contributed by atoms with Gasteiger partial charge in [-0.05, 0) is 20.8 Å². The van der Waals surface area contributed by atoms with E-state index >= 15 is 0 Å². The van der Waals surface area contributed by atoms with Crippen LogP contribution in [0.15, 0.2) is 37.0 Å². The Kier molecular flexibility index (Phi) is 8.85. The van der Waals surface area contributed by atoms with E-state index in [1.807, 2.05) is 0 Å². The van der Waals surface area contributed by atoms with Crippen molar-refractivity contribution < 1.29 is 9.47 Å². The molecule has 0 saturated heterocycles. The average Bonchev–Trinajstić information content (AvgIpc) is 1.85. The highest BCUT2D eigenvalue weighted by Gasteiger charge is 1.80. The fourth-order valence-corrected chi connectivity index (χ4v) is 0.297. The molecule has 0 aromatic rings. The Morgan fingerprint density at radius 3 is 1.08 bits per heavy atom. The summed E-state index contributed by atoms with van der Waals surface area (Å²) in [7, 11) is 1.60. The van der Waals surface area contributed by atoms with E-state index in [-0.39, 0.29) is 0 Å². The van der Waals surface area contributed by atoms with E-state index in [9.17, 15) is 0 Å². The third kappa shape index (κ3) is 23.2. The Morgan fingerprint density at radius 2 is 1.08 bits per heavy atom. The van der Waals surface area contributed by atoms with Gasteiger partial charge in [0.05, 0.1) is 24.4 Å². The Labute approximate surface area is 75.2 Å². The van der Waals surface area contributed by atoms with E-state index < -0.39 is 0 Å². The molecule has 2 nitrogen and oxygen atoms in total. The van der Waals surface area contributed by atoms with Crippen LogP contribution in [0.25, 0.3) is 0 Å². The van der Waals surface area contributed by atoms with Crippen LogP contribution in [0.2, 0.25) is 0 Å². The SMILES string of the molecule is C=C(C)OC.C=C(C)OC(=C)C. The van der Waals surface area contributed by atoms with Crippen LogP contribution >= 0.6 is 0 Å². The predicted molar refractivity (Wildman–Crippen MR) is 52.5 cm³/mol. The van der Waals surface area contributed by atoms with Crippen LogP contribution in [0, 0.1) is 0 Å². The smallest absolute Gasteiger partial charge is 0.0933 e. The van der Waals surface area contributed by atoms with Gasteiger partial charge < -0.3 is 9.47 Å². The molecule has 0 fully saturated rings. The highest BCUT2D eigenvalue weighted by atomic mass is 16.5. The number of ether oxygens (including phenoxy) is 2. The van der Waals surface area contributed by atoms with E-state index in [1.54, 1.807) is 27.9 Å². The third-order valence-corrected chi connectivity index (χ3v) is 0.697. The highest BCUT2D eigenvalue weighted by molar-refractivity contribution is 4.85. The van der Waals surface area contributed by atoms with E-state index in [2.05, 4.69) is 24.5 Å². The maximum Gasteiger partial charge on any atom is 0.0933 e. The molecule has 70 valence electrons. The molecule has 0 aromatic heterocycles. The second-order valence-electron chi connectivity index (χ2n) is 2.41. The first-order chi connectivity index (χ1) is 5.40. The summed E-state index contributed by atoms with van der Waals surface area (Å²) in [5.74, 6) is 2.13. The van der Waals surface area contributed by atoms with Gasteiger partial charge in [0.2, 0.25) is 0 Å². The van der Waals surface area contributed by atoms with Gasteiger partial charge in [-0.1, -0.05) is 19.7 Å². The van der Waals surface area contributed by atoms with Crippen LogP contribution < -0.4 is 0 Å². The van der Waals surface area contributed by atoms with Gasteiger partial charge in [0.25, 0.3) is 0 Å². The lowest BCUT2D eigenvalue weighted by Crippen LogP contribution is -1.78. The van der Waals surface area contributed by atoms with Crippen LogP contribution in [0.3, 0.4) is 0 Å². The van der Waals surface area contributed by atoms with Crippen LogP contribution in [0.5, 0.6) is 0 Å². The van der Waals surface area contributed by atoms with Gasteiger partial charge in [-0.15, -0.1) is 0 Å². The molecule has 0 bridgehead atoms. The zero-order valence-electron chi connectivity index (χ0n) is 8.44. The van der Waals surface area contributed by atoms with Crippen molar-refractivity contribution in [3.05, 3.63) is 37.0 Å². The quantitative estimate of drug-likeness (QED) is 0.605. The number of allylic oxidation sites excluding steroid dienone is 3. The third-order valence-electron chi connectivity index (χ3n) is 0.697. The molecule has 2 heteroatoms. The van der Waals surface area contributed by atoms with Crippen molar-refractivity contribution in [2.45, 2.75) is 20.8 Å². The van der Waals surface area contributed by atoms with Crippen molar-refractivity contribution in [3.63, 3.8) is 0 Å². The molecular weight excluding hydrogens is 152 g/mol. The second kappa shape index (κ2) is 7.92. The van der Waals surface area contributed by atoms with Crippen molar-refractivity contribution in [2.75, 3.05) is 7.11 Å². The van der Waals surface area contributed by atoms with Crippen LogP contribution in [-0.2, 0) is 9.47 Å². The summed E-state index contributed by atoms with van der Waals surface area (Å²) in [6, 6.07) is 0. The lowest BCUT2D eigenvalue weighted by atomic mass is 10.6. The molecule has 0 spiro atoms. The van der Waals surface area contributed by atoms with Gasteiger partial charge >= 0.3 is 0 Å². The number of methoxy groups -OCH3 is 1. The first-order valence-electron chi connectivity index (χ1n) is 3.58. The molecule has 0 aliphatic heterocycles. The number of hydrogen-bond donors (Lipinski definition) is 0. The average molecular weight is 170 g/mol. The minimum absolute atomic E-state index is 0.688. The Morgan fingerprint density at radius 1 is 0.833 bits per heavy atom. The van der Waals surface area contributed by atoms with Gasteiger partial charge in [-0.3, -0.25) is 0 Å². The largest absolute Gasteiger partial charge is 0.502 e. The highest BCUT2D eigenvalue weighted by Crippen LogP contribution is 1.97. The van der Waals surface area contributed by atoms with Crippen LogP contribution in [0.1, 0.15) is 20.8 Å². The molecule has 0 atom stereocenters. The van der Waals surface area contributed by atoms with Crippen LogP contribution in [0.4, 0.5) is 0 Å². The molecule has 0 saturated carbocycles. The van der Waals surface area contributed by atoms with Gasteiger partial charge in [-0.2, -0.15) is 0 Å². The minimum atomic E-state index is 0.688. The first-order valence-corrected chi connectivity index (χ1v) is 3.58. The molecule has 0 aliphatic carbocycles. The van der Waals surface area contributed by atoms with E-state index in [1.165, 1.54) is 0 Å². The van der Waals surface area contributed by atoms with Crippen molar-refractivity contribution in [3.8, 4) is 0 Å². The molecule has 0 aromatic carbocycles. The molecule has 0 amide bonds. The van der Waals surface area contributed by atoms with Gasteiger partial charge in [0.1, 0.15) is 0 Å². The predicted octanol–water partition coefficient (Wildman–Crippen LogP) is 3.24. The first kappa shape index (κ1) is 13.4. The normalized spacial score (nSPS) is 7.33. The summed E-state index contributed by atoms with van der Waals surface area (Å²) in [5, 5.41) is 0. The molecule has 12 heavy (non-hydrogen) atoms. The molecular formula is C10H18O2. The Bertz CT molecular complexity index is 157. The summed E-state index contributed by atoms with van der Waals surface area (Å²) in [4.78, 5) is 0. The van der Waals surface area contributed by atoms with Crippen LogP contribution in [-0.4, -0.2) is 7.11 Å². The second-order valence-corrected chi connectivity index (χ2v) is 2.41. The Hall–Kier alpha value is -1.18. The molecule has 0 aliphatic rings. The fraction of sp³-hybridized carbons (Fsp3) is 0.400. The lowest BCUT2D eigenvalue weighted by Gasteiger charge is -1.99. The Balaban J connectivity index is 0. The van der Waals surface area contributed by atoms with Crippen molar-refractivity contribution in [2.24, 2.45) is 0 Å². The lowest BCUT2D eigenvalue weighted by molar-refractivity contribution is 0.295. The maximum absolute atomic E-state index is 4.86. The van der Waals surface area contributed by atoms with E-state index in [0.717, 1.165) is 5.76 Å². The number of rotatable bonds is 3. The summed E-state index contributed by atoms with van der Waals surface area (Å²) in [6.45, 7) is 15.9. The standard InChI is InChI=1S/C6H10O.C4H8O/c1-5(2)7-6(3)4;1-4(2)5-3/h1,3H2,2,4H3;1H2,2-3H3. The molecule has 0 heterocycles.